The summed E-state index contributed by atoms with van der Waals surface area (Å²) in [5, 5.41) is 10.5. The summed E-state index contributed by atoms with van der Waals surface area (Å²) < 4.78 is 2.53. The third-order valence-electron chi connectivity index (χ3n) is 6.60. The van der Waals surface area contributed by atoms with Gasteiger partial charge in [-0.05, 0) is 18.4 Å². The van der Waals surface area contributed by atoms with Gasteiger partial charge in [-0.2, -0.15) is 0 Å². The first kappa shape index (κ1) is 21.9. The third-order valence-corrected chi connectivity index (χ3v) is 22.1. The summed E-state index contributed by atoms with van der Waals surface area (Å²) in [4.78, 5) is 13.0. The van der Waals surface area contributed by atoms with Crippen LogP contribution in [0.5, 0.6) is 0 Å². The summed E-state index contributed by atoms with van der Waals surface area (Å²) in [6.45, 7) is 20.7. The van der Waals surface area contributed by atoms with Gasteiger partial charge in [0.25, 0.3) is 0 Å². The van der Waals surface area contributed by atoms with Crippen molar-refractivity contribution in [3.8, 4) is 0 Å². The Labute approximate surface area is 165 Å². The number of carbonyl (C=O) groups is 1. The molecule has 3 atom stereocenters. The fraction of sp³-hybridized carbons (Fsp3) is 0.944. The van der Waals surface area contributed by atoms with E-state index in [0.29, 0.717) is 0 Å². The number of hydrogen-bond donors (Lipinski definition) is 1. The van der Waals surface area contributed by atoms with Crippen LogP contribution in [0, 0.1) is 5.92 Å². The second kappa shape index (κ2) is 6.87. The molecule has 1 N–H and O–H groups in total. The normalized spacial score (nSPS) is 28.9. The Hall–Kier alpha value is 0.564. The Bertz CT molecular complexity index is 520. The van der Waals surface area contributed by atoms with Gasteiger partial charge in [0.05, 0.1) is 23.8 Å². The smallest absolute Gasteiger partial charge is 0.222 e. The fourth-order valence-electron chi connectivity index (χ4n) is 3.95. The molecule has 0 spiro atoms. The van der Waals surface area contributed by atoms with Gasteiger partial charge in [-0.15, -0.1) is 23.5 Å². The van der Waals surface area contributed by atoms with Gasteiger partial charge in [0.1, 0.15) is 0 Å². The number of amides is 1. The highest BCUT2D eigenvalue weighted by atomic mass is 32.2. The number of aliphatic hydroxyl groups excluding tert-OH is 1. The van der Waals surface area contributed by atoms with Crippen LogP contribution in [0.3, 0.4) is 0 Å². The van der Waals surface area contributed by atoms with Gasteiger partial charge in [0.15, 0.2) is 8.24 Å². The van der Waals surface area contributed by atoms with Crippen molar-refractivity contribution in [2.75, 3.05) is 11.5 Å². The van der Waals surface area contributed by atoms with Gasteiger partial charge >= 0.3 is 0 Å². The van der Waals surface area contributed by atoms with Gasteiger partial charge in [-0.3, -0.25) is 4.79 Å². The standard InChI is InChI=1S/C18H37NO2S2Si2/c1-13(20)15-14(12-18(24(5,6)7)22-10-11-23-18)19(16(15)21)25(8,9)17(2,3)4/h13-15,20H,10-12H2,1-9H3/t13-,14-,15-/m1/s1. The highest BCUT2D eigenvalue weighted by Crippen LogP contribution is 2.56. The molecule has 0 saturated carbocycles. The van der Waals surface area contributed by atoms with Crippen molar-refractivity contribution >= 4 is 45.7 Å². The van der Waals surface area contributed by atoms with Gasteiger partial charge in [0.2, 0.25) is 5.91 Å². The van der Waals surface area contributed by atoms with Crippen molar-refractivity contribution in [3.63, 3.8) is 0 Å². The van der Waals surface area contributed by atoms with Crippen LogP contribution in [-0.4, -0.2) is 59.2 Å². The lowest BCUT2D eigenvalue weighted by Gasteiger charge is -2.61. The zero-order valence-corrected chi connectivity index (χ0v) is 21.1. The molecule has 0 aromatic carbocycles. The minimum atomic E-state index is -1.93. The molecule has 25 heavy (non-hydrogen) atoms. The molecule has 0 bridgehead atoms. The molecule has 146 valence electrons. The zero-order valence-electron chi connectivity index (χ0n) is 17.5. The molecule has 0 unspecified atom stereocenters. The maximum Gasteiger partial charge on any atom is 0.222 e. The Morgan fingerprint density at radius 1 is 1.20 bits per heavy atom. The van der Waals surface area contributed by atoms with Gasteiger partial charge < -0.3 is 9.67 Å². The van der Waals surface area contributed by atoms with E-state index in [1.165, 1.54) is 11.5 Å². The Morgan fingerprint density at radius 2 is 1.68 bits per heavy atom. The molecule has 2 aliphatic rings. The molecule has 2 saturated heterocycles. The van der Waals surface area contributed by atoms with Crippen LogP contribution in [0.25, 0.3) is 0 Å². The van der Waals surface area contributed by atoms with Crippen molar-refractivity contribution in [3.05, 3.63) is 0 Å². The van der Waals surface area contributed by atoms with Gasteiger partial charge in [-0.25, -0.2) is 0 Å². The number of nitrogens with zero attached hydrogens (tertiary/aromatic N) is 1. The lowest BCUT2D eigenvalue weighted by atomic mass is 9.84. The Balaban J connectivity index is 2.38. The van der Waals surface area contributed by atoms with E-state index in [4.69, 9.17) is 0 Å². The van der Waals surface area contributed by atoms with Crippen LogP contribution in [0.15, 0.2) is 0 Å². The van der Waals surface area contributed by atoms with Gasteiger partial charge in [-0.1, -0.05) is 53.5 Å². The molecule has 0 aromatic heterocycles. The predicted octanol–water partition coefficient (Wildman–Crippen LogP) is 4.64. The summed E-state index contributed by atoms with van der Waals surface area (Å²) >= 11 is 4.26. The highest BCUT2D eigenvalue weighted by molar-refractivity contribution is 8.23. The Kier molecular flexibility index (Phi) is 6.01. The van der Waals surface area contributed by atoms with E-state index >= 15 is 0 Å². The molecule has 0 aliphatic carbocycles. The highest BCUT2D eigenvalue weighted by Gasteiger charge is 2.61. The number of thioether (sulfide) groups is 2. The number of carbonyl (C=O) groups excluding carboxylic acids is 1. The number of hydrogen-bond acceptors (Lipinski definition) is 4. The van der Waals surface area contributed by atoms with Crippen LogP contribution in [0.4, 0.5) is 0 Å². The third kappa shape index (κ3) is 3.65. The minimum absolute atomic E-state index is 0.132. The molecule has 2 rings (SSSR count). The molecule has 0 radical (unpaired) electrons. The molecular weight excluding hydrogens is 383 g/mol. The van der Waals surface area contributed by atoms with E-state index in [2.05, 4.69) is 81.6 Å². The molecular formula is C18H37NO2S2Si2. The summed E-state index contributed by atoms with van der Waals surface area (Å²) in [6, 6.07) is 0.207. The lowest BCUT2D eigenvalue weighted by molar-refractivity contribution is -0.155. The van der Waals surface area contributed by atoms with Crippen LogP contribution in [-0.2, 0) is 4.79 Å². The first-order chi connectivity index (χ1) is 11.2. The monoisotopic (exact) mass is 419 g/mol. The van der Waals surface area contributed by atoms with Crippen LogP contribution >= 0.6 is 23.5 Å². The average Bonchev–Trinajstić information content (AvgIpc) is 2.85. The number of aliphatic hydroxyl groups is 1. The van der Waals surface area contributed by atoms with E-state index in [9.17, 15) is 9.90 Å². The first-order valence-corrected chi connectivity index (χ1v) is 17.9. The average molecular weight is 420 g/mol. The topological polar surface area (TPSA) is 40.5 Å². The maximum absolute atomic E-state index is 13.0. The van der Waals surface area contributed by atoms with Crippen LogP contribution < -0.4 is 0 Å². The van der Waals surface area contributed by atoms with E-state index in [-0.39, 0.29) is 26.6 Å². The number of β-lactam (4-membered cyclic amide) rings is 1. The number of rotatable bonds is 5. The van der Waals surface area contributed by atoms with Crippen molar-refractivity contribution in [1.82, 2.24) is 4.57 Å². The second-order valence-corrected chi connectivity index (χ2v) is 24.5. The molecule has 1 amide bonds. The molecule has 7 heteroatoms. The van der Waals surface area contributed by atoms with Gasteiger partial charge in [0, 0.05) is 17.5 Å². The van der Waals surface area contributed by atoms with Crippen molar-refractivity contribution in [2.24, 2.45) is 5.92 Å². The summed E-state index contributed by atoms with van der Waals surface area (Å²) in [5.74, 6) is 2.43. The zero-order chi connectivity index (χ0) is 19.4. The van der Waals surface area contributed by atoms with E-state index in [1.807, 2.05) is 0 Å². The van der Waals surface area contributed by atoms with Crippen LogP contribution in [0.2, 0.25) is 37.8 Å². The maximum atomic E-state index is 13.0. The van der Waals surface area contributed by atoms with E-state index in [0.717, 1.165) is 6.42 Å². The molecule has 2 fully saturated rings. The summed E-state index contributed by atoms with van der Waals surface area (Å²) in [7, 11) is -3.35. The van der Waals surface area contributed by atoms with E-state index in [1.54, 1.807) is 6.92 Å². The minimum Gasteiger partial charge on any atom is -0.393 e. The quantitative estimate of drug-likeness (QED) is 0.520. The first-order valence-electron chi connectivity index (χ1n) is 9.45. The largest absolute Gasteiger partial charge is 0.393 e. The van der Waals surface area contributed by atoms with E-state index < -0.39 is 22.4 Å². The second-order valence-electron chi connectivity index (χ2n) is 10.3. The van der Waals surface area contributed by atoms with Crippen molar-refractivity contribution < 1.29 is 9.90 Å². The molecule has 0 aromatic rings. The summed E-state index contributed by atoms with van der Waals surface area (Å²) in [6.07, 6.45) is 0.500. The predicted molar refractivity (Wildman–Crippen MR) is 119 cm³/mol. The SMILES string of the molecule is C[C@@H](O)[C@H]1C(=O)N([Si](C)(C)C(C)(C)C)[C@@H]1CC1([Si](C)(C)C)SCCS1. The molecule has 2 aliphatic heterocycles. The van der Waals surface area contributed by atoms with Crippen molar-refractivity contribution in [2.45, 2.75) is 87.7 Å². The molecule has 2 heterocycles. The lowest BCUT2D eigenvalue weighted by Crippen LogP contribution is -2.75. The summed E-state index contributed by atoms with van der Waals surface area (Å²) in [5.41, 5.74) is 0. The van der Waals surface area contributed by atoms with Crippen molar-refractivity contribution in [1.29, 1.82) is 0 Å². The fourth-order valence-corrected chi connectivity index (χ4v) is 14.1. The Morgan fingerprint density at radius 3 is 2.04 bits per heavy atom. The molecule has 3 nitrogen and oxygen atoms in total. The van der Waals surface area contributed by atoms with Crippen LogP contribution in [0.1, 0.15) is 34.1 Å².